The van der Waals surface area contributed by atoms with E-state index in [1.54, 1.807) is 0 Å². The van der Waals surface area contributed by atoms with Gasteiger partial charge in [-0.2, -0.15) is 26.3 Å². The first-order valence-corrected chi connectivity index (χ1v) is 6.86. The van der Waals surface area contributed by atoms with Crippen LogP contribution in [0.5, 0.6) is 0 Å². The highest BCUT2D eigenvalue weighted by molar-refractivity contribution is 5.70. The number of hydrogen-bond acceptors (Lipinski definition) is 1. The highest BCUT2D eigenvalue weighted by Gasteiger charge is 2.51. The Bertz CT molecular complexity index is 830. The summed E-state index contributed by atoms with van der Waals surface area (Å²) >= 11 is 0. The molecule has 0 aliphatic heterocycles. The molecule has 2 aromatic rings. The zero-order valence-corrected chi connectivity index (χ0v) is 12.7. The quantitative estimate of drug-likeness (QED) is 0.540. The fourth-order valence-corrected chi connectivity index (χ4v) is 2.21. The summed E-state index contributed by atoms with van der Waals surface area (Å²) in [7, 11) is 0. The van der Waals surface area contributed by atoms with E-state index < -0.39 is 34.8 Å². The lowest BCUT2D eigenvalue weighted by molar-refractivity contribution is -0.258. The van der Waals surface area contributed by atoms with Crippen molar-refractivity contribution in [1.82, 2.24) is 0 Å². The van der Waals surface area contributed by atoms with E-state index in [1.165, 1.54) is 18.2 Å². The van der Waals surface area contributed by atoms with Crippen molar-refractivity contribution in [3.8, 4) is 11.1 Å². The minimum absolute atomic E-state index is 0.0143. The molecule has 0 spiro atoms. The summed E-state index contributed by atoms with van der Waals surface area (Å²) in [5.74, 6) is 0. The number of rotatable bonds is 2. The molecule has 2 nitrogen and oxygen atoms in total. The first-order valence-electron chi connectivity index (χ1n) is 6.86. The third-order valence-electron chi connectivity index (χ3n) is 3.73. The maximum atomic E-state index is 13.0. The molecule has 0 aliphatic rings. The lowest BCUT2D eigenvalue weighted by Crippen LogP contribution is -2.39. The molecule has 0 aromatic heterocycles. The second-order valence-electron chi connectivity index (χ2n) is 5.49. The summed E-state index contributed by atoms with van der Waals surface area (Å²) in [6, 6.07) is 7.41. The zero-order chi connectivity index (χ0) is 19.0. The number of benzene rings is 2. The topological polar surface area (TPSA) is 24.6 Å². The van der Waals surface area contributed by atoms with E-state index >= 15 is 0 Å². The number of alkyl halides is 6. The molecule has 0 saturated carbocycles. The SMILES string of the molecule is [C-]#[N+]c1ccc(-c2cccc([C@@](C)(O)C(F)(F)F)c2)cc1C(F)(F)F. The third-order valence-corrected chi connectivity index (χ3v) is 3.73. The summed E-state index contributed by atoms with van der Waals surface area (Å²) in [4.78, 5) is 2.80. The van der Waals surface area contributed by atoms with Crippen molar-refractivity contribution in [1.29, 1.82) is 0 Å². The van der Waals surface area contributed by atoms with E-state index in [9.17, 15) is 31.4 Å². The Hall–Kier alpha value is -2.53. The molecule has 0 bridgehead atoms. The lowest BCUT2D eigenvalue weighted by atomic mass is 9.91. The summed E-state index contributed by atoms with van der Waals surface area (Å²) in [6.45, 7) is 7.36. The first kappa shape index (κ1) is 18.8. The Morgan fingerprint density at radius 1 is 0.920 bits per heavy atom. The molecule has 2 rings (SSSR count). The molecule has 0 aliphatic carbocycles. The summed E-state index contributed by atoms with van der Waals surface area (Å²) in [5, 5.41) is 9.71. The van der Waals surface area contributed by atoms with Gasteiger partial charge in [-0.05, 0) is 29.7 Å². The van der Waals surface area contributed by atoms with Crippen LogP contribution in [0.4, 0.5) is 32.0 Å². The van der Waals surface area contributed by atoms with Crippen LogP contribution in [0.1, 0.15) is 18.1 Å². The molecular formula is C17H11F6NO. The Balaban J connectivity index is 2.58. The molecule has 132 valence electrons. The van der Waals surface area contributed by atoms with Crippen molar-refractivity contribution in [2.24, 2.45) is 0 Å². The van der Waals surface area contributed by atoms with E-state index in [4.69, 9.17) is 6.57 Å². The summed E-state index contributed by atoms with van der Waals surface area (Å²) in [6.07, 6.45) is -9.72. The van der Waals surface area contributed by atoms with Crippen molar-refractivity contribution < 1.29 is 31.4 Å². The number of halogens is 6. The molecule has 0 fully saturated rings. The van der Waals surface area contributed by atoms with E-state index in [2.05, 4.69) is 4.85 Å². The minimum Gasteiger partial charge on any atom is -0.376 e. The van der Waals surface area contributed by atoms with Crippen LogP contribution in [-0.2, 0) is 11.8 Å². The van der Waals surface area contributed by atoms with Gasteiger partial charge < -0.3 is 5.11 Å². The second kappa shape index (κ2) is 6.08. The zero-order valence-electron chi connectivity index (χ0n) is 12.7. The van der Waals surface area contributed by atoms with Crippen molar-refractivity contribution in [2.75, 3.05) is 0 Å². The van der Waals surface area contributed by atoms with Gasteiger partial charge in [0.15, 0.2) is 11.3 Å². The molecule has 8 heteroatoms. The fraction of sp³-hybridized carbons (Fsp3) is 0.235. The molecule has 1 atom stereocenters. The van der Waals surface area contributed by atoms with Gasteiger partial charge in [-0.1, -0.05) is 36.4 Å². The minimum atomic E-state index is -4.95. The predicted octanol–water partition coefficient (Wildman–Crippen LogP) is 5.69. The van der Waals surface area contributed by atoms with Gasteiger partial charge in [0.25, 0.3) is 0 Å². The van der Waals surface area contributed by atoms with Crippen LogP contribution in [-0.4, -0.2) is 11.3 Å². The molecule has 0 heterocycles. The monoisotopic (exact) mass is 359 g/mol. The predicted molar refractivity (Wildman–Crippen MR) is 78.8 cm³/mol. The highest BCUT2D eigenvalue weighted by atomic mass is 19.4. The Kier molecular flexibility index (Phi) is 4.57. The second-order valence-corrected chi connectivity index (χ2v) is 5.49. The van der Waals surface area contributed by atoms with Crippen LogP contribution in [0, 0.1) is 6.57 Å². The number of aliphatic hydroxyl groups is 1. The Labute approximate surface area is 139 Å². The standard InChI is InChI=1S/C17H11F6NO/c1-15(25,17(21,22)23)12-5-3-4-10(8-12)11-6-7-14(24-2)13(9-11)16(18,19)20/h3-9,25H,1H3/t15-/m1/s1. The fourth-order valence-electron chi connectivity index (χ4n) is 2.21. The Morgan fingerprint density at radius 2 is 1.52 bits per heavy atom. The van der Waals surface area contributed by atoms with Crippen molar-refractivity contribution >= 4 is 5.69 Å². The maximum absolute atomic E-state index is 13.0. The summed E-state index contributed by atoms with van der Waals surface area (Å²) in [5.41, 5.74) is -5.38. The van der Waals surface area contributed by atoms with Crippen LogP contribution >= 0.6 is 0 Å². The normalized spacial score (nSPS) is 14.7. The first-order chi connectivity index (χ1) is 11.4. The van der Waals surface area contributed by atoms with Crippen LogP contribution in [0.2, 0.25) is 0 Å². The molecule has 25 heavy (non-hydrogen) atoms. The van der Waals surface area contributed by atoms with E-state index in [1.807, 2.05) is 0 Å². The lowest BCUT2D eigenvalue weighted by Gasteiger charge is -2.27. The van der Waals surface area contributed by atoms with Crippen molar-refractivity contribution in [3.05, 3.63) is 65.0 Å². The molecule has 0 saturated heterocycles. The van der Waals surface area contributed by atoms with Gasteiger partial charge in [-0.25, -0.2) is 4.85 Å². The smallest absolute Gasteiger partial charge is 0.376 e. The average molecular weight is 359 g/mol. The molecule has 1 N–H and O–H groups in total. The van der Waals surface area contributed by atoms with Crippen molar-refractivity contribution in [3.63, 3.8) is 0 Å². The average Bonchev–Trinajstić information content (AvgIpc) is 2.52. The molecule has 0 radical (unpaired) electrons. The van der Waals surface area contributed by atoms with Gasteiger partial charge in [0, 0.05) is 0 Å². The van der Waals surface area contributed by atoms with Crippen LogP contribution in [0.25, 0.3) is 16.0 Å². The molecule has 0 unspecified atom stereocenters. The van der Waals surface area contributed by atoms with Gasteiger partial charge in [0.2, 0.25) is 0 Å². The van der Waals surface area contributed by atoms with E-state index in [0.29, 0.717) is 13.0 Å². The van der Waals surface area contributed by atoms with Crippen molar-refractivity contribution in [2.45, 2.75) is 24.9 Å². The molecular weight excluding hydrogens is 348 g/mol. The Morgan fingerprint density at radius 3 is 2.04 bits per heavy atom. The summed E-state index contributed by atoms with van der Waals surface area (Å²) < 4.78 is 77.9. The van der Waals surface area contributed by atoms with E-state index in [0.717, 1.165) is 18.2 Å². The number of hydrogen-bond donors (Lipinski definition) is 1. The van der Waals surface area contributed by atoms with Crippen LogP contribution in [0.3, 0.4) is 0 Å². The van der Waals surface area contributed by atoms with Crippen LogP contribution in [0.15, 0.2) is 42.5 Å². The van der Waals surface area contributed by atoms with Gasteiger partial charge in [-0.15, -0.1) is 0 Å². The van der Waals surface area contributed by atoms with Crippen LogP contribution < -0.4 is 0 Å². The highest BCUT2D eigenvalue weighted by Crippen LogP contribution is 2.41. The molecule has 0 amide bonds. The van der Waals surface area contributed by atoms with Gasteiger partial charge >= 0.3 is 12.4 Å². The number of nitrogens with zero attached hydrogens (tertiary/aromatic N) is 1. The van der Waals surface area contributed by atoms with E-state index in [-0.39, 0.29) is 11.1 Å². The third kappa shape index (κ3) is 3.61. The van der Waals surface area contributed by atoms with Gasteiger partial charge in [0.1, 0.15) is 0 Å². The molecule has 2 aromatic carbocycles. The largest absolute Gasteiger partial charge is 0.421 e. The maximum Gasteiger partial charge on any atom is 0.421 e. The van der Waals surface area contributed by atoms with Gasteiger partial charge in [0.05, 0.1) is 12.1 Å². The van der Waals surface area contributed by atoms with Gasteiger partial charge in [-0.3, -0.25) is 0 Å².